The molecule has 8 nitrogen and oxygen atoms in total. The van der Waals surface area contributed by atoms with E-state index in [1.807, 2.05) is 18.2 Å². The van der Waals surface area contributed by atoms with Crippen LogP contribution in [0.25, 0.3) is 0 Å². The quantitative estimate of drug-likeness (QED) is 0.507. The molecule has 1 fully saturated rings. The number of aromatic nitrogens is 1. The van der Waals surface area contributed by atoms with Crippen LogP contribution in [0.15, 0.2) is 71.8 Å². The topological polar surface area (TPSA) is 97.8 Å². The molecule has 1 aliphatic heterocycles. The van der Waals surface area contributed by atoms with E-state index in [1.165, 1.54) is 22.5 Å². The monoisotopic (exact) mass is 499 g/mol. The zero-order valence-electron chi connectivity index (χ0n) is 19.2. The number of nitrogens with zero attached hydrogens (tertiary/aromatic N) is 2. The van der Waals surface area contributed by atoms with E-state index < -0.39 is 15.8 Å². The molecule has 4 rings (SSSR count). The molecule has 184 valence electrons. The molecule has 0 unspecified atom stereocenters. The predicted molar refractivity (Wildman–Crippen MR) is 127 cm³/mol. The van der Waals surface area contributed by atoms with Gasteiger partial charge in [0.15, 0.2) is 0 Å². The highest BCUT2D eigenvalue weighted by Crippen LogP contribution is 2.26. The van der Waals surface area contributed by atoms with Crippen molar-refractivity contribution in [3.05, 3.63) is 78.2 Å². The lowest BCUT2D eigenvalue weighted by atomic mass is 9.97. The Hall–Kier alpha value is -3.50. The highest BCUT2D eigenvalue weighted by atomic mass is 32.2. The average Bonchev–Trinajstić information content (AvgIpc) is 2.88. The molecule has 1 saturated heterocycles. The first-order valence-corrected chi connectivity index (χ1v) is 12.6. The van der Waals surface area contributed by atoms with Crippen LogP contribution in [0.2, 0.25) is 0 Å². The molecule has 35 heavy (non-hydrogen) atoms. The number of carbonyl (C=O) groups is 1. The van der Waals surface area contributed by atoms with Gasteiger partial charge < -0.3 is 14.8 Å². The number of pyridine rings is 1. The van der Waals surface area contributed by atoms with Crippen molar-refractivity contribution in [2.24, 2.45) is 5.92 Å². The van der Waals surface area contributed by atoms with Crippen LogP contribution < -0.4 is 14.8 Å². The van der Waals surface area contributed by atoms with Gasteiger partial charge in [-0.2, -0.15) is 4.31 Å². The van der Waals surface area contributed by atoms with Crippen molar-refractivity contribution in [3.63, 3.8) is 0 Å². The molecule has 0 bridgehead atoms. The van der Waals surface area contributed by atoms with E-state index in [0.29, 0.717) is 36.8 Å². The van der Waals surface area contributed by atoms with E-state index in [0.717, 1.165) is 11.6 Å². The van der Waals surface area contributed by atoms with Crippen LogP contribution in [0.1, 0.15) is 18.4 Å². The minimum absolute atomic E-state index is 0.148. The van der Waals surface area contributed by atoms with E-state index in [4.69, 9.17) is 9.47 Å². The Morgan fingerprint density at radius 3 is 2.51 bits per heavy atom. The first kappa shape index (κ1) is 24.6. The zero-order chi connectivity index (χ0) is 24.8. The maximum absolute atomic E-state index is 14.0. The summed E-state index contributed by atoms with van der Waals surface area (Å²) in [5.41, 5.74) is 0.802. The molecule has 0 aliphatic carbocycles. The first-order chi connectivity index (χ1) is 16.9. The summed E-state index contributed by atoms with van der Waals surface area (Å²) in [4.78, 5) is 16.6. The normalized spacial score (nSPS) is 14.9. The largest absolute Gasteiger partial charge is 0.497 e. The minimum atomic E-state index is -3.93. The summed E-state index contributed by atoms with van der Waals surface area (Å²) in [7, 11) is -2.35. The molecule has 0 radical (unpaired) electrons. The molecule has 2 aromatic carbocycles. The van der Waals surface area contributed by atoms with Gasteiger partial charge in [-0.3, -0.25) is 4.79 Å². The number of hydrogen-bond donors (Lipinski definition) is 1. The predicted octanol–water partition coefficient (Wildman–Crippen LogP) is 3.74. The third kappa shape index (κ3) is 5.95. The van der Waals surface area contributed by atoms with Gasteiger partial charge in [0.1, 0.15) is 22.2 Å². The Balaban J connectivity index is 1.27. The van der Waals surface area contributed by atoms with Gasteiger partial charge in [0.05, 0.1) is 7.11 Å². The highest BCUT2D eigenvalue weighted by Gasteiger charge is 2.33. The van der Waals surface area contributed by atoms with Crippen molar-refractivity contribution in [1.29, 1.82) is 0 Å². The molecule has 2 heterocycles. The number of ether oxygens (including phenoxy) is 2. The van der Waals surface area contributed by atoms with Crippen molar-refractivity contribution in [3.8, 4) is 17.4 Å². The molecule has 1 N–H and O–H groups in total. The second-order valence-electron chi connectivity index (χ2n) is 8.11. The van der Waals surface area contributed by atoms with Crippen LogP contribution in [0.3, 0.4) is 0 Å². The molecular weight excluding hydrogens is 473 g/mol. The summed E-state index contributed by atoms with van der Waals surface area (Å²) in [6.45, 7) is 0.609. The van der Waals surface area contributed by atoms with E-state index in [1.54, 1.807) is 31.5 Å². The van der Waals surface area contributed by atoms with Gasteiger partial charge in [0.25, 0.3) is 0 Å². The SMILES string of the molecule is COc1cccc(Oc2ccc(CNC(=O)C3CCN(S(=O)(=O)c4ccccc4F)CC3)cn2)c1. The number of carbonyl (C=O) groups excluding carboxylic acids is 1. The van der Waals surface area contributed by atoms with Crippen molar-refractivity contribution in [2.75, 3.05) is 20.2 Å². The summed E-state index contributed by atoms with van der Waals surface area (Å²) in [6.07, 6.45) is 2.36. The number of benzene rings is 2. The van der Waals surface area contributed by atoms with Crippen LogP contribution in [-0.4, -0.2) is 43.8 Å². The standard InChI is InChI=1S/C25H26FN3O5S/c1-33-20-5-4-6-21(15-20)34-24-10-9-18(16-27-24)17-28-25(30)19-11-13-29(14-12-19)35(31,32)23-8-3-2-7-22(23)26/h2-10,15-16,19H,11-14,17H2,1H3,(H,28,30). The molecule has 1 aromatic heterocycles. The van der Waals surface area contributed by atoms with Crippen molar-refractivity contribution >= 4 is 15.9 Å². The molecule has 3 aromatic rings. The number of rotatable bonds is 8. The highest BCUT2D eigenvalue weighted by molar-refractivity contribution is 7.89. The summed E-state index contributed by atoms with van der Waals surface area (Å²) >= 11 is 0. The fourth-order valence-electron chi connectivity index (χ4n) is 3.85. The second-order valence-corrected chi connectivity index (χ2v) is 10.0. The summed E-state index contributed by atoms with van der Waals surface area (Å²) in [6, 6.07) is 16.0. The molecule has 0 saturated carbocycles. The lowest BCUT2D eigenvalue weighted by Gasteiger charge is -2.30. The van der Waals surface area contributed by atoms with Gasteiger partial charge in [-0.1, -0.05) is 24.3 Å². The van der Waals surface area contributed by atoms with Gasteiger partial charge in [0, 0.05) is 43.9 Å². The Bertz CT molecular complexity index is 1280. The average molecular weight is 500 g/mol. The fraction of sp³-hybridized carbons (Fsp3) is 0.280. The van der Waals surface area contributed by atoms with Crippen molar-refractivity contribution < 1.29 is 27.1 Å². The first-order valence-electron chi connectivity index (χ1n) is 11.2. The van der Waals surface area contributed by atoms with Crippen LogP contribution in [0, 0.1) is 11.7 Å². The molecule has 0 spiro atoms. The molecule has 1 amide bonds. The Morgan fingerprint density at radius 2 is 1.83 bits per heavy atom. The van der Waals surface area contributed by atoms with Gasteiger partial charge in [0.2, 0.25) is 21.8 Å². The number of nitrogens with one attached hydrogen (secondary N) is 1. The number of piperidine rings is 1. The van der Waals surface area contributed by atoms with Gasteiger partial charge in [-0.25, -0.2) is 17.8 Å². The fourth-order valence-corrected chi connectivity index (χ4v) is 5.38. The molecular formula is C25H26FN3O5S. The van der Waals surface area contributed by atoms with Crippen LogP contribution in [0.5, 0.6) is 17.4 Å². The maximum atomic E-state index is 14.0. The molecule has 10 heteroatoms. The lowest BCUT2D eigenvalue weighted by Crippen LogP contribution is -2.43. The van der Waals surface area contributed by atoms with E-state index >= 15 is 0 Å². The van der Waals surface area contributed by atoms with Crippen LogP contribution in [-0.2, 0) is 21.4 Å². The Labute approximate surface area is 203 Å². The van der Waals surface area contributed by atoms with Gasteiger partial charge in [-0.15, -0.1) is 0 Å². The summed E-state index contributed by atoms with van der Waals surface area (Å²) in [5.74, 6) is 0.451. The Morgan fingerprint density at radius 1 is 1.09 bits per heavy atom. The number of halogens is 1. The third-order valence-electron chi connectivity index (χ3n) is 5.81. The van der Waals surface area contributed by atoms with Crippen molar-refractivity contribution in [2.45, 2.75) is 24.3 Å². The number of amides is 1. The summed E-state index contributed by atoms with van der Waals surface area (Å²) < 4.78 is 51.6. The smallest absolute Gasteiger partial charge is 0.245 e. The Kier molecular flexibility index (Phi) is 7.62. The van der Waals surface area contributed by atoms with E-state index in [-0.39, 0.29) is 29.8 Å². The molecule has 1 aliphatic rings. The number of hydrogen-bond acceptors (Lipinski definition) is 6. The van der Waals surface area contributed by atoms with Crippen LogP contribution >= 0.6 is 0 Å². The molecule has 0 atom stereocenters. The van der Waals surface area contributed by atoms with E-state index in [9.17, 15) is 17.6 Å². The van der Waals surface area contributed by atoms with Gasteiger partial charge in [-0.05, 0) is 42.7 Å². The van der Waals surface area contributed by atoms with E-state index in [2.05, 4.69) is 10.3 Å². The lowest BCUT2D eigenvalue weighted by molar-refractivity contribution is -0.126. The minimum Gasteiger partial charge on any atom is -0.497 e. The van der Waals surface area contributed by atoms with Crippen molar-refractivity contribution in [1.82, 2.24) is 14.6 Å². The number of methoxy groups -OCH3 is 1. The van der Waals surface area contributed by atoms with Gasteiger partial charge >= 0.3 is 0 Å². The summed E-state index contributed by atoms with van der Waals surface area (Å²) in [5, 5.41) is 2.88. The zero-order valence-corrected chi connectivity index (χ0v) is 20.0. The number of sulfonamides is 1. The maximum Gasteiger partial charge on any atom is 0.245 e. The van der Waals surface area contributed by atoms with Crippen LogP contribution in [0.4, 0.5) is 4.39 Å². The third-order valence-corrected chi connectivity index (χ3v) is 7.74. The second kappa shape index (κ2) is 10.8.